The smallest absolute Gasteiger partial charge is 0.416 e. The number of nitrogens with one attached hydrogen (secondary N) is 2. The summed E-state index contributed by atoms with van der Waals surface area (Å²) in [7, 11) is 0. The van der Waals surface area contributed by atoms with Gasteiger partial charge in [-0.2, -0.15) is 13.2 Å². The molecule has 2 N–H and O–H groups in total. The fourth-order valence-electron chi connectivity index (χ4n) is 2.42. The van der Waals surface area contributed by atoms with Crippen LogP contribution in [0.15, 0.2) is 54.6 Å². The molecule has 0 aliphatic heterocycles. The van der Waals surface area contributed by atoms with Crippen LogP contribution < -0.4 is 15.4 Å². The first-order chi connectivity index (χ1) is 13.3. The Labute approximate surface area is 160 Å². The maximum absolute atomic E-state index is 12.6. The molecular formula is C20H21F3N2O3. The zero-order valence-corrected chi connectivity index (χ0v) is 15.3. The van der Waals surface area contributed by atoms with Gasteiger partial charge in [0.25, 0.3) is 5.91 Å². The van der Waals surface area contributed by atoms with Gasteiger partial charge >= 0.3 is 6.18 Å². The predicted molar refractivity (Wildman–Crippen MR) is 97.9 cm³/mol. The molecule has 0 saturated heterocycles. The monoisotopic (exact) mass is 394 g/mol. The van der Waals surface area contributed by atoms with Crippen molar-refractivity contribution < 1.29 is 27.5 Å². The molecule has 5 nitrogen and oxygen atoms in total. The highest BCUT2D eigenvalue weighted by Gasteiger charge is 2.30. The van der Waals surface area contributed by atoms with Crippen molar-refractivity contribution >= 4 is 11.8 Å². The van der Waals surface area contributed by atoms with Crippen molar-refractivity contribution in [2.75, 3.05) is 13.2 Å². The molecule has 150 valence electrons. The number of carbonyl (C=O) groups is 2. The minimum absolute atomic E-state index is 0.0256. The molecule has 0 radical (unpaired) electrons. The van der Waals surface area contributed by atoms with Crippen LogP contribution >= 0.6 is 0 Å². The van der Waals surface area contributed by atoms with Crippen molar-refractivity contribution in [3.8, 4) is 5.75 Å². The second-order valence-electron chi connectivity index (χ2n) is 6.17. The van der Waals surface area contributed by atoms with Crippen molar-refractivity contribution in [1.29, 1.82) is 0 Å². The quantitative estimate of drug-likeness (QED) is 0.675. The van der Waals surface area contributed by atoms with Gasteiger partial charge in [-0.1, -0.05) is 24.3 Å². The first-order valence-electron chi connectivity index (χ1n) is 8.68. The topological polar surface area (TPSA) is 67.4 Å². The fraction of sp³-hybridized carbons (Fsp3) is 0.300. The third-order valence-corrected chi connectivity index (χ3v) is 3.76. The zero-order valence-electron chi connectivity index (χ0n) is 15.3. The SMILES string of the molecule is CC(CC(=O)NCCOc1cccc(C(F)(F)F)c1)NC(=O)c1ccccc1. The summed E-state index contributed by atoms with van der Waals surface area (Å²) in [5.74, 6) is -0.491. The number of carbonyl (C=O) groups excluding carboxylic acids is 2. The maximum atomic E-state index is 12.6. The minimum Gasteiger partial charge on any atom is -0.492 e. The van der Waals surface area contributed by atoms with Crippen LogP contribution in [-0.2, 0) is 11.0 Å². The number of ether oxygens (including phenoxy) is 1. The van der Waals surface area contributed by atoms with Gasteiger partial charge in [0, 0.05) is 18.0 Å². The van der Waals surface area contributed by atoms with Crippen LogP contribution in [0.5, 0.6) is 5.75 Å². The Balaban J connectivity index is 1.69. The molecule has 0 heterocycles. The number of benzene rings is 2. The predicted octanol–water partition coefficient (Wildman–Crippen LogP) is 3.41. The van der Waals surface area contributed by atoms with Crippen molar-refractivity contribution in [1.82, 2.24) is 10.6 Å². The van der Waals surface area contributed by atoms with E-state index in [4.69, 9.17) is 4.74 Å². The first-order valence-corrected chi connectivity index (χ1v) is 8.68. The standard InChI is InChI=1S/C20H21F3N2O3/c1-14(25-19(27)15-6-3-2-4-7-15)12-18(26)24-10-11-28-17-9-5-8-16(13-17)20(21,22)23/h2-9,13-14H,10-12H2,1H3,(H,24,26)(H,25,27). The van der Waals surface area contributed by atoms with Crippen LogP contribution in [0.25, 0.3) is 0 Å². The lowest BCUT2D eigenvalue weighted by Crippen LogP contribution is -2.38. The largest absolute Gasteiger partial charge is 0.492 e. The third-order valence-electron chi connectivity index (χ3n) is 3.76. The Morgan fingerprint density at radius 1 is 1.07 bits per heavy atom. The molecule has 28 heavy (non-hydrogen) atoms. The van der Waals surface area contributed by atoms with Gasteiger partial charge in [0.05, 0.1) is 12.1 Å². The number of hydrogen-bond acceptors (Lipinski definition) is 3. The first kappa shape index (κ1) is 21.3. The molecule has 2 rings (SSSR count). The second-order valence-corrected chi connectivity index (χ2v) is 6.17. The molecule has 2 aromatic carbocycles. The van der Waals surface area contributed by atoms with E-state index in [2.05, 4.69) is 10.6 Å². The summed E-state index contributed by atoms with van der Waals surface area (Å²) in [5, 5.41) is 5.33. The van der Waals surface area contributed by atoms with Gasteiger partial charge in [-0.05, 0) is 37.3 Å². The van der Waals surface area contributed by atoms with E-state index in [1.165, 1.54) is 12.1 Å². The lowest BCUT2D eigenvalue weighted by Gasteiger charge is -2.14. The average Bonchev–Trinajstić information content (AvgIpc) is 2.65. The number of amides is 2. The summed E-state index contributed by atoms with van der Waals surface area (Å²) in [5.41, 5.74) is -0.290. The summed E-state index contributed by atoms with van der Waals surface area (Å²) >= 11 is 0. The average molecular weight is 394 g/mol. The van der Waals surface area contributed by atoms with E-state index in [0.717, 1.165) is 12.1 Å². The van der Waals surface area contributed by atoms with Crippen LogP contribution in [0.4, 0.5) is 13.2 Å². The molecule has 2 amide bonds. The number of halogens is 3. The molecule has 0 aliphatic carbocycles. The lowest BCUT2D eigenvalue weighted by atomic mass is 10.1. The zero-order chi connectivity index (χ0) is 20.6. The minimum atomic E-state index is -4.44. The molecular weight excluding hydrogens is 373 g/mol. The third kappa shape index (κ3) is 6.94. The Kier molecular flexibility index (Phi) is 7.43. The van der Waals surface area contributed by atoms with Crippen molar-refractivity contribution in [3.05, 3.63) is 65.7 Å². The van der Waals surface area contributed by atoms with Crippen molar-refractivity contribution in [2.24, 2.45) is 0 Å². The summed E-state index contributed by atoms with van der Waals surface area (Å²) in [4.78, 5) is 23.9. The van der Waals surface area contributed by atoms with Gasteiger partial charge < -0.3 is 15.4 Å². The normalized spacial score (nSPS) is 12.1. The van der Waals surface area contributed by atoms with E-state index in [-0.39, 0.29) is 43.2 Å². The van der Waals surface area contributed by atoms with E-state index in [1.54, 1.807) is 37.3 Å². The molecule has 0 saturated carbocycles. The summed E-state index contributed by atoms with van der Waals surface area (Å²) in [6.07, 6.45) is -4.37. The molecule has 8 heteroatoms. The van der Waals surface area contributed by atoms with E-state index >= 15 is 0 Å². The maximum Gasteiger partial charge on any atom is 0.416 e. The van der Waals surface area contributed by atoms with E-state index in [0.29, 0.717) is 5.56 Å². The Hall–Kier alpha value is -3.03. The van der Waals surface area contributed by atoms with Gasteiger partial charge in [0.2, 0.25) is 5.91 Å². The molecule has 0 bridgehead atoms. The van der Waals surface area contributed by atoms with Crippen LogP contribution in [0, 0.1) is 0 Å². The highest BCUT2D eigenvalue weighted by Crippen LogP contribution is 2.31. The van der Waals surface area contributed by atoms with E-state index in [1.807, 2.05) is 0 Å². The van der Waals surface area contributed by atoms with Gasteiger partial charge in [-0.25, -0.2) is 0 Å². The van der Waals surface area contributed by atoms with Gasteiger partial charge in [-0.3, -0.25) is 9.59 Å². The van der Waals surface area contributed by atoms with Gasteiger partial charge in [0.1, 0.15) is 12.4 Å². The van der Waals surface area contributed by atoms with Crippen LogP contribution in [-0.4, -0.2) is 31.0 Å². The summed E-state index contributed by atoms with van der Waals surface area (Å²) in [6, 6.07) is 12.8. The van der Waals surface area contributed by atoms with Crippen LogP contribution in [0.2, 0.25) is 0 Å². The molecule has 0 fully saturated rings. The number of alkyl halides is 3. The fourth-order valence-corrected chi connectivity index (χ4v) is 2.42. The Morgan fingerprint density at radius 2 is 1.79 bits per heavy atom. The Bertz CT molecular complexity index is 795. The van der Waals surface area contributed by atoms with Crippen LogP contribution in [0.1, 0.15) is 29.3 Å². The lowest BCUT2D eigenvalue weighted by molar-refractivity contribution is -0.137. The van der Waals surface area contributed by atoms with E-state index < -0.39 is 11.7 Å². The molecule has 1 unspecified atom stereocenters. The molecule has 2 aromatic rings. The van der Waals surface area contributed by atoms with Crippen LogP contribution in [0.3, 0.4) is 0 Å². The highest BCUT2D eigenvalue weighted by atomic mass is 19.4. The summed E-state index contributed by atoms with van der Waals surface area (Å²) < 4.78 is 43.2. The van der Waals surface area contributed by atoms with E-state index in [9.17, 15) is 22.8 Å². The van der Waals surface area contributed by atoms with Gasteiger partial charge in [0.15, 0.2) is 0 Å². The number of hydrogen-bond donors (Lipinski definition) is 2. The highest BCUT2D eigenvalue weighted by molar-refractivity contribution is 5.94. The second kappa shape index (κ2) is 9.77. The molecule has 1 atom stereocenters. The van der Waals surface area contributed by atoms with Crippen molar-refractivity contribution in [3.63, 3.8) is 0 Å². The molecule has 0 aromatic heterocycles. The molecule has 0 aliphatic rings. The summed E-state index contributed by atoms with van der Waals surface area (Å²) in [6.45, 7) is 1.87. The molecule has 0 spiro atoms. The van der Waals surface area contributed by atoms with Gasteiger partial charge in [-0.15, -0.1) is 0 Å². The van der Waals surface area contributed by atoms with Crippen molar-refractivity contribution in [2.45, 2.75) is 25.6 Å². The Morgan fingerprint density at radius 3 is 2.46 bits per heavy atom. The number of rotatable bonds is 8.